The average molecular weight is 354 g/mol. The molecular formula is C16H14F4N4O. The van der Waals surface area contributed by atoms with Crippen LogP contribution in [-0.2, 0) is 6.18 Å². The predicted molar refractivity (Wildman–Crippen MR) is 83.6 cm³/mol. The van der Waals surface area contributed by atoms with Gasteiger partial charge in [0.25, 0.3) is 0 Å². The molecule has 2 N–H and O–H groups in total. The van der Waals surface area contributed by atoms with Crippen LogP contribution in [-0.4, -0.2) is 32.6 Å². The summed E-state index contributed by atoms with van der Waals surface area (Å²) in [5, 5.41) is 11.6. The van der Waals surface area contributed by atoms with Crippen molar-refractivity contribution in [1.29, 1.82) is 0 Å². The zero-order chi connectivity index (χ0) is 18.0. The van der Waals surface area contributed by atoms with E-state index in [9.17, 15) is 17.6 Å². The number of alkyl halides is 3. The van der Waals surface area contributed by atoms with Crippen LogP contribution in [0, 0.1) is 5.95 Å². The zero-order valence-electron chi connectivity index (χ0n) is 12.9. The Bertz CT molecular complexity index is 891. The third-order valence-electron chi connectivity index (χ3n) is 3.56. The maximum absolute atomic E-state index is 13.8. The molecular weight excluding hydrogens is 340 g/mol. The predicted octanol–water partition coefficient (Wildman–Crippen LogP) is 3.35. The Morgan fingerprint density at radius 1 is 1.20 bits per heavy atom. The van der Waals surface area contributed by atoms with E-state index in [0.29, 0.717) is 29.9 Å². The second-order valence-electron chi connectivity index (χ2n) is 5.35. The summed E-state index contributed by atoms with van der Waals surface area (Å²) in [6, 6.07) is 4.84. The molecule has 3 aromatic rings. The lowest BCUT2D eigenvalue weighted by molar-refractivity contribution is -0.137. The van der Waals surface area contributed by atoms with Crippen LogP contribution in [0.15, 0.2) is 36.7 Å². The molecule has 0 aliphatic rings. The maximum Gasteiger partial charge on any atom is 0.417 e. The molecule has 3 aromatic heterocycles. The maximum atomic E-state index is 13.8. The van der Waals surface area contributed by atoms with Crippen molar-refractivity contribution >= 4 is 11.5 Å². The first kappa shape index (κ1) is 17.2. The van der Waals surface area contributed by atoms with Gasteiger partial charge in [-0.2, -0.15) is 17.6 Å². The summed E-state index contributed by atoms with van der Waals surface area (Å²) in [7, 11) is 0. The van der Waals surface area contributed by atoms with Crippen molar-refractivity contribution in [3.8, 4) is 11.3 Å². The topological polar surface area (TPSA) is 62.5 Å². The number of halogens is 4. The van der Waals surface area contributed by atoms with Gasteiger partial charge in [0, 0.05) is 31.0 Å². The minimum atomic E-state index is -4.49. The first-order valence-electron chi connectivity index (χ1n) is 7.45. The molecule has 0 amide bonds. The molecule has 0 unspecified atom stereocenters. The SMILES string of the molecule is OCCCNc1cc(-c2cnc3ccc(C(F)(F)F)cn23)cc(F)n1. The monoisotopic (exact) mass is 354 g/mol. The molecule has 0 atom stereocenters. The number of fused-ring (bicyclic) bond motifs is 1. The van der Waals surface area contributed by atoms with E-state index in [2.05, 4.69) is 15.3 Å². The molecule has 3 rings (SSSR count). The van der Waals surface area contributed by atoms with Crippen molar-refractivity contribution < 1.29 is 22.7 Å². The van der Waals surface area contributed by atoms with Gasteiger partial charge in [-0.3, -0.25) is 4.40 Å². The Morgan fingerprint density at radius 2 is 2.00 bits per heavy atom. The fourth-order valence-electron chi connectivity index (χ4n) is 2.39. The van der Waals surface area contributed by atoms with Crippen LogP contribution in [0.25, 0.3) is 16.9 Å². The Balaban J connectivity index is 2.03. The Kier molecular flexibility index (Phi) is 4.58. The number of aromatic nitrogens is 3. The van der Waals surface area contributed by atoms with Crippen molar-refractivity contribution in [2.75, 3.05) is 18.5 Å². The second-order valence-corrected chi connectivity index (χ2v) is 5.35. The van der Waals surface area contributed by atoms with Crippen LogP contribution in [0.3, 0.4) is 0 Å². The quantitative estimate of drug-likeness (QED) is 0.419. The number of aliphatic hydroxyl groups excluding tert-OH is 1. The highest BCUT2D eigenvalue weighted by Gasteiger charge is 2.31. The largest absolute Gasteiger partial charge is 0.417 e. The number of nitrogens with zero attached hydrogens (tertiary/aromatic N) is 3. The Morgan fingerprint density at radius 3 is 2.72 bits per heavy atom. The van der Waals surface area contributed by atoms with Crippen molar-refractivity contribution in [3.05, 3.63) is 48.2 Å². The lowest BCUT2D eigenvalue weighted by Crippen LogP contribution is -2.07. The molecule has 25 heavy (non-hydrogen) atoms. The molecule has 9 heteroatoms. The number of nitrogens with one attached hydrogen (secondary N) is 1. The van der Waals surface area contributed by atoms with Crippen LogP contribution >= 0.6 is 0 Å². The molecule has 0 saturated heterocycles. The van der Waals surface area contributed by atoms with E-state index in [0.717, 1.165) is 18.3 Å². The number of rotatable bonds is 5. The summed E-state index contributed by atoms with van der Waals surface area (Å²) in [5.41, 5.74) is 0.142. The second kappa shape index (κ2) is 6.67. The lowest BCUT2D eigenvalue weighted by Gasteiger charge is -2.10. The third-order valence-corrected chi connectivity index (χ3v) is 3.56. The van der Waals surface area contributed by atoms with Crippen LogP contribution in [0.4, 0.5) is 23.4 Å². The van der Waals surface area contributed by atoms with Gasteiger partial charge in [-0.25, -0.2) is 9.97 Å². The highest BCUT2D eigenvalue weighted by Crippen LogP contribution is 2.31. The highest BCUT2D eigenvalue weighted by molar-refractivity contribution is 5.66. The summed E-state index contributed by atoms with van der Waals surface area (Å²) < 4.78 is 53.8. The molecule has 3 heterocycles. The molecule has 0 aliphatic heterocycles. The van der Waals surface area contributed by atoms with Gasteiger partial charge in [0.1, 0.15) is 11.5 Å². The average Bonchev–Trinajstić information content (AvgIpc) is 2.97. The van der Waals surface area contributed by atoms with Gasteiger partial charge in [-0.15, -0.1) is 0 Å². The van der Waals surface area contributed by atoms with Gasteiger partial charge in [0.15, 0.2) is 0 Å². The van der Waals surface area contributed by atoms with E-state index in [1.54, 1.807) is 0 Å². The zero-order valence-corrected chi connectivity index (χ0v) is 12.9. The molecule has 0 fully saturated rings. The van der Waals surface area contributed by atoms with Crippen molar-refractivity contribution in [1.82, 2.24) is 14.4 Å². The van der Waals surface area contributed by atoms with E-state index < -0.39 is 17.7 Å². The molecule has 0 spiro atoms. The fraction of sp³-hybridized carbons (Fsp3) is 0.250. The number of hydrogen-bond donors (Lipinski definition) is 2. The van der Waals surface area contributed by atoms with E-state index in [1.807, 2.05) is 0 Å². The highest BCUT2D eigenvalue weighted by atomic mass is 19.4. The minimum Gasteiger partial charge on any atom is -0.396 e. The molecule has 0 saturated carbocycles. The minimum absolute atomic E-state index is 0.0251. The number of imidazole rings is 1. The lowest BCUT2D eigenvalue weighted by atomic mass is 10.2. The number of hydrogen-bond acceptors (Lipinski definition) is 4. The molecule has 0 aromatic carbocycles. The van der Waals surface area contributed by atoms with Gasteiger partial charge in [-0.1, -0.05) is 0 Å². The third kappa shape index (κ3) is 3.71. The fourth-order valence-corrected chi connectivity index (χ4v) is 2.39. The molecule has 0 bridgehead atoms. The summed E-state index contributed by atoms with van der Waals surface area (Å²) in [5.74, 6) is -0.545. The summed E-state index contributed by atoms with van der Waals surface area (Å²) >= 11 is 0. The van der Waals surface area contributed by atoms with Gasteiger partial charge >= 0.3 is 6.18 Å². The van der Waals surface area contributed by atoms with Crippen LogP contribution in [0.2, 0.25) is 0 Å². The molecule has 5 nitrogen and oxygen atoms in total. The molecule has 132 valence electrons. The first-order chi connectivity index (χ1) is 11.9. The Labute approximate surface area is 140 Å². The van der Waals surface area contributed by atoms with Gasteiger partial charge in [-0.05, 0) is 24.6 Å². The molecule has 0 aliphatic carbocycles. The Hall–Kier alpha value is -2.68. The first-order valence-corrected chi connectivity index (χ1v) is 7.45. The number of anilines is 1. The van der Waals surface area contributed by atoms with E-state index in [1.165, 1.54) is 22.7 Å². The van der Waals surface area contributed by atoms with Gasteiger partial charge < -0.3 is 10.4 Å². The van der Waals surface area contributed by atoms with Gasteiger partial charge in [0.2, 0.25) is 5.95 Å². The summed E-state index contributed by atoms with van der Waals surface area (Å²) in [6.07, 6.45) is -1.73. The number of pyridine rings is 2. The normalized spacial score (nSPS) is 11.9. The van der Waals surface area contributed by atoms with Crippen LogP contribution < -0.4 is 5.32 Å². The smallest absolute Gasteiger partial charge is 0.396 e. The van der Waals surface area contributed by atoms with E-state index in [-0.39, 0.29) is 12.4 Å². The van der Waals surface area contributed by atoms with Crippen molar-refractivity contribution in [2.45, 2.75) is 12.6 Å². The number of aliphatic hydroxyl groups is 1. The van der Waals surface area contributed by atoms with Crippen molar-refractivity contribution in [2.24, 2.45) is 0 Å². The summed E-state index contributed by atoms with van der Waals surface area (Å²) in [4.78, 5) is 7.74. The summed E-state index contributed by atoms with van der Waals surface area (Å²) in [6.45, 7) is 0.362. The van der Waals surface area contributed by atoms with E-state index in [4.69, 9.17) is 5.11 Å². The molecule has 0 radical (unpaired) electrons. The van der Waals surface area contributed by atoms with Crippen LogP contribution in [0.5, 0.6) is 0 Å². The standard InChI is InChI=1S/C16H14F4N4O/c17-13-6-10(7-14(23-13)21-4-1-5-25)12-8-22-15-3-2-11(9-24(12)15)16(18,19)20/h2-3,6-9,25H,1,4-5H2,(H,21,23). The van der Waals surface area contributed by atoms with E-state index >= 15 is 0 Å². The van der Waals surface area contributed by atoms with Crippen LogP contribution in [0.1, 0.15) is 12.0 Å². The van der Waals surface area contributed by atoms with Crippen molar-refractivity contribution in [3.63, 3.8) is 0 Å². The van der Waals surface area contributed by atoms with Gasteiger partial charge in [0.05, 0.1) is 17.5 Å².